The van der Waals surface area contributed by atoms with Gasteiger partial charge in [0.25, 0.3) is 0 Å². The van der Waals surface area contributed by atoms with Gasteiger partial charge in [0.2, 0.25) is 0 Å². The van der Waals surface area contributed by atoms with E-state index in [1.165, 1.54) is 12.1 Å². The topological polar surface area (TPSA) is 49.3 Å². The Labute approximate surface area is 121 Å². The highest BCUT2D eigenvalue weighted by atomic mass is 35.5. The molecule has 0 saturated carbocycles. The molecular formula is C13H16Cl2FNO2. The number of carboxylic acid groups (broad SMARTS) is 1. The summed E-state index contributed by atoms with van der Waals surface area (Å²) in [6.45, 7) is 4.11. The molecule has 1 atom stereocenters. The van der Waals surface area contributed by atoms with E-state index in [4.69, 9.17) is 28.3 Å². The van der Waals surface area contributed by atoms with Crippen LogP contribution >= 0.6 is 23.2 Å². The molecule has 2 N–H and O–H groups in total. The first kappa shape index (κ1) is 16.2. The van der Waals surface area contributed by atoms with E-state index in [-0.39, 0.29) is 22.5 Å². The maximum atomic E-state index is 13.1. The molecule has 0 amide bonds. The van der Waals surface area contributed by atoms with Crippen LogP contribution in [0.1, 0.15) is 25.8 Å². The lowest BCUT2D eigenvalue weighted by Gasteiger charge is -2.17. The lowest BCUT2D eigenvalue weighted by molar-refractivity contribution is -0.140. The number of hydrogen-bond donors (Lipinski definition) is 2. The third kappa shape index (κ3) is 4.64. The molecule has 0 bridgehead atoms. The third-order valence-electron chi connectivity index (χ3n) is 2.66. The van der Waals surface area contributed by atoms with Crippen molar-refractivity contribution in [1.82, 2.24) is 5.32 Å². The minimum atomic E-state index is -0.918. The van der Waals surface area contributed by atoms with E-state index < -0.39 is 17.8 Å². The SMILES string of the molecule is CC(C)CC(NCc1ccc(F)c(Cl)c1Cl)C(=O)O. The molecule has 1 aromatic rings. The number of benzene rings is 1. The van der Waals surface area contributed by atoms with Crippen molar-refractivity contribution >= 4 is 29.2 Å². The normalized spacial score (nSPS) is 12.7. The first-order valence-electron chi connectivity index (χ1n) is 5.91. The van der Waals surface area contributed by atoms with E-state index in [2.05, 4.69) is 5.32 Å². The van der Waals surface area contributed by atoms with E-state index in [0.29, 0.717) is 12.0 Å². The fourth-order valence-corrected chi connectivity index (χ4v) is 2.08. The second kappa shape index (κ2) is 7.08. The number of carboxylic acids is 1. The maximum absolute atomic E-state index is 13.1. The van der Waals surface area contributed by atoms with Gasteiger partial charge in [-0.25, -0.2) is 4.39 Å². The Bertz CT molecular complexity index is 466. The molecule has 3 nitrogen and oxygen atoms in total. The monoisotopic (exact) mass is 307 g/mol. The second-order valence-corrected chi connectivity index (χ2v) is 5.49. The van der Waals surface area contributed by atoms with Crippen LogP contribution in [-0.4, -0.2) is 17.1 Å². The van der Waals surface area contributed by atoms with Crippen molar-refractivity contribution in [3.63, 3.8) is 0 Å². The van der Waals surface area contributed by atoms with Crippen molar-refractivity contribution in [2.75, 3.05) is 0 Å². The number of carbonyl (C=O) groups is 1. The van der Waals surface area contributed by atoms with Crippen LogP contribution in [0.25, 0.3) is 0 Å². The van der Waals surface area contributed by atoms with Crippen molar-refractivity contribution in [3.05, 3.63) is 33.6 Å². The second-order valence-electron chi connectivity index (χ2n) is 4.74. The van der Waals surface area contributed by atoms with Gasteiger partial charge >= 0.3 is 5.97 Å². The summed E-state index contributed by atoms with van der Waals surface area (Å²) in [5, 5.41) is 11.9. The van der Waals surface area contributed by atoms with Crippen LogP contribution in [0.3, 0.4) is 0 Å². The summed E-state index contributed by atoms with van der Waals surface area (Å²) in [6, 6.07) is 2.04. The number of halogens is 3. The first-order valence-corrected chi connectivity index (χ1v) is 6.67. The van der Waals surface area contributed by atoms with Gasteiger partial charge in [-0.15, -0.1) is 0 Å². The quantitative estimate of drug-likeness (QED) is 0.787. The Kier molecular flexibility index (Phi) is 6.04. The summed E-state index contributed by atoms with van der Waals surface area (Å²) < 4.78 is 13.1. The Morgan fingerprint density at radius 1 is 1.37 bits per heavy atom. The molecule has 0 aliphatic heterocycles. The van der Waals surface area contributed by atoms with Gasteiger partial charge in [-0.1, -0.05) is 43.1 Å². The summed E-state index contributed by atoms with van der Waals surface area (Å²) in [5.74, 6) is -1.26. The van der Waals surface area contributed by atoms with E-state index in [0.717, 1.165) is 0 Å². The van der Waals surface area contributed by atoms with Gasteiger partial charge in [0.05, 0.1) is 10.0 Å². The highest BCUT2D eigenvalue weighted by Crippen LogP contribution is 2.28. The minimum Gasteiger partial charge on any atom is -0.480 e. The molecule has 0 aromatic heterocycles. The van der Waals surface area contributed by atoms with Gasteiger partial charge in [0.1, 0.15) is 11.9 Å². The zero-order valence-electron chi connectivity index (χ0n) is 10.7. The van der Waals surface area contributed by atoms with Crippen molar-refractivity contribution in [3.8, 4) is 0 Å². The fourth-order valence-electron chi connectivity index (χ4n) is 1.68. The minimum absolute atomic E-state index is 0.114. The predicted octanol–water partition coefficient (Wildman–Crippen LogP) is 3.72. The predicted molar refractivity (Wildman–Crippen MR) is 74.1 cm³/mol. The third-order valence-corrected chi connectivity index (χ3v) is 3.56. The standard InChI is InChI=1S/C13H16Cl2FNO2/c1-7(2)5-10(13(18)19)17-6-8-3-4-9(16)12(15)11(8)14/h3-4,7,10,17H,5-6H2,1-2H3,(H,18,19). The molecule has 1 rings (SSSR count). The summed E-state index contributed by atoms with van der Waals surface area (Å²) in [5.41, 5.74) is 0.572. The van der Waals surface area contributed by atoms with Crippen LogP contribution in [0.4, 0.5) is 4.39 Å². The zero-order chi connectivity index (χ0) is 14.6. The Morgan fingerprint density at radius 2 is 2.00 bits per heavy atom. The molecule has 0 aliphatic carbocycles. The zero-order valence-corrected chi connectivity index (χ0v) is 12.2. The Balaban J connectivity index is 2.75. The molecule has 0 fully saturated rings. The maximum Gasteiger partial charge on any atom is 0.320 e. The van der Waals surface area contributed by atoms with E-state index in [1.54, 1.807) is 0 Å². The fraction of sp³-hybridized carbons (Fsp3) is 0.462. The first-order chi connectivity index (χ1) is 8.82. The molecule has 6 heteroatoms. The van der Waals surface area contributed by atoms with Crippen molar-refractivity contribution in [1.29, 1.82) is 0 Å². The number of aliphatic carboxylic acids is 1. The highest BCUT2D eigenvalue weighted by Gasteiger charge is 2.19. The van der Waals surface area contributed by atoms with E-state index in [1.807, 2.05) is 13.8 Å². The van der Waals surface area contributed by atoms with Gasteiger partial charge in [-0.05, 0) is 24.0 Å². The molecule has 0 aliphatic rings. The number of hydrogen-bond acceptors (Lipinski definition) is 2. The summed E-state index contributed by atoms with van der Waals surface area (Å²) in [6.07, 6.45) is 0.502. The van der Waals surface area contributed by atoms with Gasteiger partial charge < -0.3 is 10.4 Å². The van der Waals surface area contributed by atoms with Crippen molar-refractivity contribution in [2.24, 2.45) is 5.92 Å². The molecule has 1 unspecified atom stereocenters. The van der Waals surface area contributed by atoms with Crippen LogP contribution in [0.2, 0.25) is 10.0 Å². The average Bonchev–Trinajstić information content (AvgIpc) is 2.33. The van der Waals surface area contributed by atoms with Crippen molar-refractivity contribution < 1.29 is 14.3 Å². The number of rotatable bonds is 6. The van der Waals surface area contributed by atoms with Crippen molar-refractivity contribution in [2.45, 2.75) is 32.9 Å². The molecule has 106 valence electrons. The lowest BCUT2D eigenvalue weighted by atomic mass is 10.0. The number of nitrogens with one attached hydrogen (secondary N) is 1. The highest BCUT2D eigenvalue weighted by molar-refractivity contribution is 6.42. The molecule has 19 heavy (non-hydrogen) atoms. The summed E-state index contributed by atoms with van der Waals surface area (Å²) in [7, 11) is 0. The lowest BCUT2D eigenvalue weighted by Crippen LogP contribution is -2.37. The van der Waals surface area contributed by atoms with Crippen LogP contribution in [0.5, 0.6) is 0 Å². The van der Waals surface area contributed by atoms with Crippen LogP contribution in [0.15, 0.2) is 12.1 Å². The average molecular weight is 308 g/mol. The van der Waals surface area contributed by atoms with Gasteiger partial charge in [-0.3, -0.25) is 4.79 Å². The van der Waals surface area contributed by atoms with Gasteiger partial charge in [0.15, 0.2) is 0 Å². The summed E-state index contributed by atoms with van der Waals surface area (Å²) >= 11 is 11.6. The van der Waals surface area contributed by atoms with E-state index in [9.17, 15) is 9.18 Å². The Morgan fingerprint density at radius 3 is 2.53 bits per heavy atom. The van der Waals surface area contributed by atoms with Crippen LogP contribution in [0, 0.1) is 11.7 Å². The van der Waals surface area contributed by atoms with Gasteiger partial charge in [0, 0.05) is 6.54 Å². The molecule has 0 heterocycles. The van der Waals surface area contributed by atoms with E-state index >= 15 is 0 Å². The summed E-state index contributed by atoms with van der Waals surface area (Å²) in [4.78, 5) is 11.1. The molecule has 1 aromatic carbocycles. The Hall–Kier alpha value is -0.840. The molecular weight excluding hydrogens is 292 g/mol. The molecule has 0 saturated heterocycles. The largest absolute Gasteiger partial charge is 0.480 e. The van der Waals surface area contributed by atoms with Gasteiger partial charge in [-0.2, -0.15) is 0 Å². The molecule has 0 spiro atoms. The smallest absolute Gasteiger partial charge is 0.320 e. The van der Waals surface area contributed by atoms with Crippen LogP contribution < -0.4 is 5.32 Å². The molecule has 0 radical (unpaired) electrons. The van der Waals surface area contributed by atoms with Crippen LogP contribution in [-0.2, 0) is 11.3 Å².